The van der Waals surface area contributed by atoms with Crippen molar-refractivity contribution in [3.05, 3.63) is 64.7 Å². The van der Waals surface area contributed by atoms with Crippen LogP contribution in [-0.2, 0) is 11.2 Å². The highest BCUT2D eigenvalue weighted by Crippen LogP contribution is 2.44. The molecule has 1 N–H and O–H groups in total. The number of likely N-dealkylation sites (tertiary alicyclic amines) is 1. The molecule has 8 nitrogen and oxygen atoms in total. The number of nitriles is 1. The number of benzene rings is 3. The number of oxazole rings is 1. The molecule has 0 unspecified atom stereocenters. The molecule has 0 bridgehead atoms. The fourth-order valence-electron chi connectivity index (χ4n) is 6.40. The Hall–Kier alpha value is -4.35. The third-order valence-corrected chi connectivity index (χ3v) is 8.39. The maximum Gasteiger partial charge on any atom is 0.307 e. The van der Waals surface area contributed by atoms with Gasteiger partial charge >= 0.3 is 5.97 Å². The molecule has 2 atom stereocenters. The summed E-state index contributed by atoms with van der Waals surface area (Å²) < 4.78 is 17.8. The van der Waals surface area contributed by atoms with Crippen LogP contribution in [0.15, 0.2) is 46.9 Å². The quantitative estimate of drug-likeness (QED) is 0.375. The van der Waals surface area contributed by atoms with Crippen molar-refractivity contribution in [3.63, 3.8) is 0 Å². The number of fused-ring (bicyclic) bond motifs is 3. The van der Waals surface area contributed by atoms with E-state index in [4.69, 9.17) is 18.9 Å². The van der Waals surface area contributed by atoms with E-state index in [-0.39, 0.29) is 12.0 Å². The maximum atomic E-state index is 11.5. The second-order valence-electron chi connectivity index (χ2n) is 10.5. The minimum Gasteiger partial charge on any atom is -0.486 e. The summed E-state index contributed by atoms with van der Waals surface area (Å²) in [6.07, 6.45) is 2.29. The van der Waals surface area contributed by atoms with Crippen LogP contribution >= 0.6 is 0 Å². The molecule has 0 saturated carbocycles. The largest absolute Gasteiger partial charge is 0.486 e. The van der Waals surface area contributed by atoms with Gasteiger partial charge < -0.3 is 19.0 Å². The molecule has 1 aliphatic carbocycles. The van der Waals surface area contributed by atoms with E-state index < -0.39 is 5.97 Å². The second-order valence-corrected chi connectivity index (χ2v) is 10.5. The van der Waals surface area contributed by atoms with Crippen molar-refractivity contribution >= 4 is 17.1 Å². The molecule has 0 spiro atoms. The van der Waals surface area contributed by atoms with Crippen LogP contribution in [0.25, 0.3) is 33.7 Å². The molecular weight excluding hydrogens is 494 g/mol. The highest BCUT2D eigenvalue weighted by Gasteiger charge is 2.37. The van der Waals surface area contributed by atoms with Gasteiger partial charge in [0.1, 0.15) is 30.4 Å². The van der Waals surface area contributed by atoms with Crippen molar-refractivity contribution in [1.82, 2.24) is 9.88 Å². The first-order valence-corrected chi connectivity index (χ1v) is 13.3. The van der Waals surface area contributed by atoms with Gasteiger partial charge in [-0.25, -0.2) is 4.98 Å². The van der Waals surface area contributed by atoms with E-state index in [0.29, 0.717) is 48.7 Å². The molecule has 1 saturated heterocycles. The van der Waals surface area contributed by atoms with E-state index in [9.17, 15) is 15.2 Å². The molecule has 3 aliphatic rings. The predicted molar refractivity (Wildman–Crippen MR) is 144 cm³/mol. The van der Waals surface area contributed by atoms with Crippen LogP contribution in [-0.4, -0.2) is 47.3 Å². The standard InChI is InChI=1S/C31H27N3O5/c1-17-20(18-5-8-27-28(13-18)38-12-11-37-27)3-2-4-21(17)30-33-25-14-23-22(24(15-32)29(25)39-30)6-7-26(23)34-10-9-19(16-34)31(35)36/h2-5,8,13-14,19,26H,6-7,9-12,16H2,1H3,(H,35,36)/t19-,26-/m1/s1. The van der Waals surface area contributed by atoms with Crippen LogP contribution in [0.3, 0.4) is 0 Å². The van der Waals surface area contributed by atoms with Crippen molar-refractivity contribution in [3.8, 4) is 40.1 Å². The van der Waals surface area contributed by atoms with Crippen molar-refractivity contribution in [2.45, 2.75) is 32.2 Å². The first-order chi connectivity index (χ1) is 19.0. The highest BCUT2D eigenvalue weighted by molar-refractivity contribution is 5.86. The number of nitrogens with zero attached hydrogens (tertiary/aromatic N) is 3. The number of carboxylic acid groups (broad SMARTS) is 1. The lowest BCUT2D eigenvalue weighted by Gasteiger charge is -2.24. The van der Waals surface area contributed by atoms with Gasteiger partial charge in [0, 0.05) is 18.2 Å². The van der Waals surface area contributed by atoms with Crippen LogP contribution in [0.5, 0.6) is 11.5 Å². The minimum atomic E-state index is -0.737. The predicted octanol–water partition coefficient (Wildman–Crippen LogP) is 5.51. The molecule has 3 aromatic carbocycles. The molecule has 2 aliphatic heterocycles. The van der Waals surface area contributed by atoms with Gasteiger partial charge in [0.2, 0.25) is 5.89 Å². The van der Waals surface area contributed by atoms with Gasteiger partial charge in [-0.2, -0.15) is 5.26 Å². The molecular formula is C31H27N3O5. The van der Waals surface area contributed by atoms with E-state index in [1.807, 2.05) is 43.3 Å². The van der Waals surface area contributed by atoms with Crippen LogP contribution in [0.1, 0.15) is 41.1 Å². The normalized spacial score (nSPS) is 20.2. The average Bonchev–Trinajstić information content (AvgIpc) is 3.70. The zero-order valence-electron chi connectivity index (χ0n) is 21.6. The van der Waals surface area contributed by atoms with Crippen molar-refractivity contribution in [2.24, 2.45) is 5.92 Å². The number of aliphatic carboxylic acids is 1. The van der Waals surface area contributed by atoms with Gasteiger partial charge in [-0.1, -0.05) is 18.2 Å². The lowest BCUT2D eigenvalue weighted by molar-refractivity contribution is -0.141. The number of aromatic nitrogens is 1. The van der Waals surface area contributed by atoms with Gasteiger partial charge in [-0.15, -0.1) is 0 Å². The molecule has 1 aromatic heterocycles. The Morgan fingerprint density at radius 2 is 1.92 bits per heavy atom. The minimum absolute atomic E-state index is 0.0984. The Balaban J connectivity index is 1.28. The van der Waals surface area contributed by atoms with E-state index in [1.165, 1.54) is 0 Å². The second kappa shape index (κ2) is 9.14. The molecule has 1 fully saturated rings. The summed E-state index contributed by atoms with van der Waals surface area (Å²) in [6, 6.07) is 16.5. The molecule has 196 valence electrons. The lowest BCUT2D eigenvalue weighted by Crippen LogP contribution is -2.26. The molecule has 0 radical (unpaired) electrons. The SMILES string of the molecule is Cc1c(-c2ccc3c(c2)OCCO3)cccc1-c1nc2cc3c(c(C#N)c2o1)CC[C@H]3N1CC[C@@H](C(=O)O)C1. The summed E-state index contributed by atoms with van der Waals surface area (Å²) in [4.78, 5) is 18.6. The molecule has 3 heterocycles. The van der Waals surface area contributed by atoms with Gasteiger partial charge in [0.25, 0.3) is 0 Å². The van der Waals surface area contributed by atoms with Crippen LogP contribution in [0, 0.1) is 24.2 Å². The summed E-state index contributed by atoms with van der Waals surface area (Å²) in [6.45, 7) is 4.41. The van der Waals surface area contributed by atoms with Crippen LogP contribution in [0.2, 0.25) is 0 Å². The molecule has 4 aromatic rings. The summed E-state index contributed by atoms with van der Waals surface area (Å²) in [5, 5.41) is 19.6. The monoisotopic (exact) mass is 521 g/mol. The number of hydrogen-bond acceptors (Lipinski definition) is 7. The number of rotatable bonds is 4. The summed E-state index contributed by atoms with van der Waals surface area (Å²) in [5.41, 5.74) is 7.72. The number of carbonyl (C=O) groups is 1. The zero-order valence-corrected chi connectivity index (χ0v) is 21.6. The number of hydrogen-bond donors (Lipinski definition) is 1. The summed E-state index contributed by atoms with van der Waals surface area (Å²) in [7, 11) is 0. The Kier molecular flexibility index (Phi) is 5.56. The fourth-order valence-corrected chi connectivity index (χ4v) is 6.40. The third-order valence-electron chi connectivity index (χ3n) is 8.39. The first-order valence-electron chi connectivity index (χ1n) is 13.3. The molecule has 39 heavy (non-hydrogen) atoms. The Bertz CT molecular complexity index is 1680. The third kappa shape index (κ3) is 3.84. The van der Waals surface area contributed by atoms with Crippen LogP contribution in [0.4, 0.5) is 0 Å². The maximum absolute atomic E-state index is 11.5. The first kappa shape index (κ1) is 23.7. The lowest BCUT2D eigenvalue weighted by atomic mass is 9.96. The average molecular weight is 522 g/mol. The van der Waals surface area contributed by atoms with E-state index >= 15 is 0 Å². The van der Waals surface area contributed by atoms with Gasteiger partial charge in [0.05, 0.1) is 5.92 Å². The molecule has 7 rings (SSSR count). The van der Waals surface area contributed by atoms with Crippen LogP contribution < -0.4 is 9.47 Å². The zero-order chi connectivity index (χ0) is 26.7. The molecule has 0 amide bonds. The highest BCUT2D eigenvalue weighted by atomic mass is 16.6. The van der Waals surface area contributed by atoms with Crippen molar-refractivity contribution < 1.29 is 23.8 Å². The number of ether oxygens (including phenoxy) is 2. The number of carboxylic acids is 1. The Morgan fingerprint density at radius 1 is 1.10 bits per heavy atom. The van der Waals surface area contributed by atoms with Crippen molar-refractivity contribution in [1.29, 1.82) is 5.26 Å². The summed E-state index contributed by atoms with van der Waals surface area (Å²) >= 11 is 0. The Morgan fingerprint density at radius 3 is 2.72 bits per heavy atom. The smallest absolute Gasteiger partial charge is 0.307 e. The topological polar surface area (TPSA) is 109 Å². The van der Waals surface area contributed by atoms with E-state index in [1.54, 1.807) is 0 Å². The molecule has 8 heteroatoms. The van der Waals surface area contributed by atoms with Gasteiger partial charge in [-0.05, 0) is 84.8 Å². The van der Waals surface area contributed by atoms with Gasteiger partial charge in [0.15, 0.2) is 17.1 Å². The van der Waals surface area contributed by atoms with Gasteiger partial charge in [-0.3, -0.25) is 9.69 Å². The van der Waals surface area contributed by atoms with E-state index in [2.05, 4.69) is 17.0 Å². The summed E-state index contributed by atoms with van der Waals surface area (Å²) in [5.74, 6) is 0.891. The fraction of sp³-hybridized carbons (Fsp3) is 0.323. The van der Waals surface area contributed by atoms with Crippen molar-refractivity contribution in [2.75, 3.05) is 26.3 Å². The Labute approximate surface area is 225 Å². The van der Waals surface area contributed by atoms with E-state index in [0.717, 1.165) is 64.3 Å².